The molecule has 2 heterocycles. The van der Waals surface area contributed by atoms with Gasteiger partial charge in [-0.05, 0) is 41.1 Å². The maximum absolute atomic E-state index is 12.4. The van der Waals surface area contributed by atoms with E-state index in [-0.39, 0.29) is 5.03 Å². The van der Waals surface area contributed by atoms with Crippen LogP contribution in [0.3, 0.4) is 0 Å². The van der Waals surface area contributed by atoms with Gasteiger partial charge in [-0.15, -0.1) is 0 Å². The minimum atomic E-state index is -3.77. The van der Waals surface area contributed by atoms with Gasteiger partial charge in [0, 0.05) is 25.1 Å². The Morgan fingerprint density at radius 3 is 2.75 bits per heavy atom. The van der Waals surface area contributed by atoms with Crippen LogP contribution in [0.2, 0.25) is 0 Å². The highest BCUT2D eigenvalue weighted by Gasteiger charge is 2.20. The SMILES string of the molecule is CCNc1cccnc1S(=O)(=O)Nc1ccncc1Br. The van der Waals surface area contributed by atoms with Gasteiger partial charge >= 0.3 is 0 Å². The lowest BCUT2D eigenvalue weighted by molar-refractivity contribution is 0.598. The van der Waals surface area contributed by atoms with E-state index in [0.29, 0.717) is 22.4 Å². The van der Waals surface area contributed by atoms with Crippen LogP contribution in [0.25, 0.3) is 0 Å². The van der Waals surface area contributed by atoms with Gasteiger partial charge in [-0.2, -0.15) is 8.42 Å². The fourth-order valence-corrected chi connectivity index (χ4v) is 3.26. The average molecular weight is 357 g/mol. The molecule has 0 atom stereocenters. The second-order valence-corrected chi connectivity index (χ2v) is 6.30. The molecule has 6 nitrogen and oxygen atoms in total. The van der Waals surface area contributed by atoms with Crippen LogP contribution < -0.4 is 10.0 Å². The van der Waals surface area contributed by atoms with E-state index in [0.717, 1.165) is 0 Å². The molecule has 0 spiro atoms. The normalized spacial score (nSPS) is 11.1. The van der Waals surface area contributed by atoms with Crippen molar-refractivity contribution >= 4 is 37.3 Å². The molecule has 0 unspecified atom stereocenters. The van der Waals surface area contributed by atoms with Gasteiger partial charge in [-0.3, -0.25) is 9.71 Å². The maximum atomic E-state index is 12.4. The number of sulfonamides is 1. The molecule has 106 valence electrons. The Morgan fingerprint density at radius 1 is 1.25 bits per heavy atom. The molecule has 0 radical (unpaired) electrons. The second kappa shape index (κ2) is 6.19. The minimum absolute atomic E-state index is 0.0365. The number of nitrogens with zero attached hydrogens (tertiary/aromatic N) is 2. The Kier molecular flexibility index (Phi) is 4.56. The Morgan fingerprint density at radius 2 is 2.05 bits per heavy atom. The molecule has 2 aromatic heterocycles. The molecule has 2 rings (SSSR count). The van der Waals surface area contributed by atoms with E-state index in [2.05, 4.69) is 35.9 Å². The molecule has 0 aromatic carbocycles. The molecular weight excluding hydrogens is 344 g/mol. The van der Waals surface area contributed by atoms with Crippen LogP contribution in [0, 0.1) is 0 Å². The van der Waals surface area contributed by atoms with Gasteiger partial charge < -0.3 is 5.32 Å². The number of halogens is 1. The van der Waals surface area contributed by atoms with E-state index < -0.39 is 10.0 Å². The molecule has 0 saturated heterocycles. The summed E-state index contributed by atoms with van der Waals surface area (Å²) in [5.41, 5.74) is 0.876. The van der Waals surface area contributed by atoms with E-state index in [9.17, 15) is 8.42 Å². The third kappa shape index (κ3) is 3.26. The molecule has 0 aliphatic carbocycles. The van der Waals surface area contributed by atoms with Crippen LogP contribution in [0.1, 0.15) is 6.92 Å². The van der Waals surface area contributed by atoms with Gasteiger partial charge in [0.2, 0.25) is 0 Å². The van der Waals surface area contributed by atoms with Gasteiger partial charge in [0.1, 0.15) is 0 Å². The number of hydrogen-bond acceptors (Lipinski definition) is 5. The highest BCUT2D eigenvalue weighted by Crippen LogP contribution is 2.25. The molecule has 20 heavy (non-hydrogen) atoms. The number of rotatable bonds is 5. The van der Waals surface area contributed by atoms with Crippen LogP contribution in [-0.2, 0) is 10.0 Å². The molecule has 0 fully saturated rings. The molecule has 0 aliphatic heterocycles. The summed E-state index contributed by atoms with van der Waals surface area (Å²) < 4.78 is 27.8. The Bertz CT molecular complexity index is 706. The van der Waals surface area contributed by atoms with Gasteiger partial charge in [0.15, 0.2) is 5.03 Å². The summed E-state index contributed by atoms with van der Waals surface area (Å²) >= 11 is 3.25. The predicted molar refractivity (Wildman–Crippen MR) is 81.1 cm³/mol. The van der Waals surface area contributed by atoms with Crippen molar-refractivity contribution < 1.29 is 8.42 Å². The zero-order valence-electron chi connectivity index (χ0n) is 10.7. The largest absolute Gasteiger partial charge is 0.383 e. The van der Waals surface area contributed by atoms with Crippen molar-refractivity contribution in [1.82, 2.24) is 9.97 Å². The lowest BCUT2D eigenvalue weighted by Crippen LogP contribution is -2.17. The molecule has 2 aromatic rings. The Labute approximate surface area is 125 Å². The smallest absolute Gasteiger partial charge is 0.281 e. The number of anilines is 2. The number of aromatic nitrogens is 2. The first kappa shape index (κ1) is 14.7. The number of pyridine rings is 2. The first-order chi connectivity index (χ1) is 9.54. The second-order valence-electron chi connectivity index (χ2n) is 3.85. The van der Waals surface area contributed by atoms with Crippen LogP contribution in [0.15, 0.2) is 46.3 Å². The summed E-state index contributed by atoms with van der Waals surface area (Å²) in [6.45, 7) is 2.49. The van der Waals surface area contributed by atoms with Crippen LogP contribution in [0.4, 0.5) is 11.4 Å². The molecule has 0 amide bonds. The molecule has 0 bridgehead atoms. The molecule has 0 aliphatic rings. The minimum Gasteiger partial charge on any atom is -0.383 e. The van der Waals surface area contributed by atoms with E-state index in [1.54, 1.807) is 18.2 Å². The summed E-state index contributed by atoms with van der Waals surface area (Å²) in [5, 5.41) is 2.94. The van der Waals surface area contributed by atoms with Crippen LogP contribution >= 0.6 is 15.9 Å². The monoisotopic (exact) mass is 356 g/mol. The molecule has 8 heteroatoms. The number of nitrogens with one attached hydrogen (secondary N) is 2. The van der Waals surface area contributed by atoms with Crippen molar-refractivity contribution in [2.75, 3.05) is 16.6 Å². The predicted octanol–water partition coefficient (Wildman–Crippen LogP) is 2.47. The first-order valence-corrected chi connectivity index (χ1v) is 8.13. The first-order valence-electron chi connectivity index (χ1n) is 5.86. The summed E-state index contributed by atoms with van der Waals surface area (Å²) in [7, 11) is -3.77. The van der Waals surface area contributed by atoms with Gasteiger partial charge in [-0.25, -0.2) is 4.98 Å². The van der Waals surface area contributed by atoms with E-state index in [4.69, 9.17) is 0 Å². The van der Waals surface area contributed by atoms with Crippen LogP contribution in [0.5, 0.6) is 0 Å². The van der Waals surface area contributed by atoms with Crippen LogP contribution in [-0.4, -0.2) is 24.9 Å². The quantitative estimate of drug-likeness (QED) is 0.859. The molecule has 2 N–H and O–H groups in total. The summed E-state index contributed by atoms with van der Waals surface area (Å²) in [4.78, 5) is 7.84. The highest BCUT2D eigenvalue weighted by molar-refractivity contribution is 9.10. The van der Waals surface area contributed by atoms with E-state index >= 15 is 0 Å². The van der Waals surface area contributed by atoms with Crippen molar-refractivity contribution in [3.63, 3.8) is 0 Å². The average Bonchev–Trinajstić information content (AvgIpc) is 2.42. The van der Waals surface area contributed by atoms with Crippen molar-refractivity contribution in [2.24, 2.45) is 0 Å². The van der Waals surface area contributed by atoms with Crippen molar-refractivity contribution in [3.05, 3.63) is 41.3 Å². The summed E-state index contributed by atoms with van der Waals surface area (Å²) in [6.07, 6.45) is 4.46. The summed E-state index contributed by atoms with van der Waals surface area (Å²) in [5.74, 6) is 0. The standard InChI is InChI=1S/C12H13BrN4O2S/c1-2-15-11-4-3-6-16-12(11)20(18,19)17-10-5-7-14-8-9(10)13/h3-8,15H,2H2,1H3,(H,14,17). The topological polar surface area (TPSA) is 84.0 Å². The van der Waals surface area contributed by atoms with Gasteiger partial charge in [0.25, 0.3) is 10.0 Å². The molecule has 0 saturated carbocycles. The maximum Gasteiger partial charge on any atom is 0.281 e. The van der Waals surface area contributed by atoms with E-state index in [1.165, 1.54) is 18.6 Å². The van der Waals surface area contributed by atoms with Gasteiger partial charge in [0.05, 0.1) is 15.8 Å². The highest BCUT2D eigenvalue weighted by atomic mass is 79.9. The zero-order chi connectivity index (χ0) is 14.6. The zero-order valence-corrected chi connectivity index (χ0v) is 13.1. The lowest BCUT2D eigenvalue weighted by atomic mass is 10.4. The molecular formula is C12H13BrN4O2S. The fourth-order valence-electron chi connectivity index (χ4n) is 1.58. The van der Waals surface area contributed by atoms with Crippen molar-refractivity contribution in [2.45, 2.75) is 11.9 Å². The number of hydrogen-bond donors (Lipinski definition) is 2. The Hall–Kier alpha value is -1.67. The lowest BCUT2D eigenvalue weighted by Gasteiger charge is -2.12. The fraction of sp³-hybridized carbons (Fsp3) is 0.167. The Balaban J connectivity index is 2.39. The van der Waals surface area contributed by atoms with E-state index in [1.807, 2.05) is 6.92 Å². The third-order valence-corrected chi connectivity index (χ3v) is 4.36. The van der Waals surface area contributed by atoms with Gasteiger partial charge in [-0.1, -0.05) is 0 Å². The van der Waals surface area contributed by atoms with Crippen molar-refractivity contribution in [1.29, 1.82) is 0 Å². The third-order valence-electron chi connectivity index (χ3n) is 2.41. The summed E-state index contributed by atoms with van der Waals surface area (Å²) in [6, 6.07) is 4.92. The van der Waals surface area contributed by atoms with Crippen molar-refractivity contribution in [3.8, 4) is 0 Å².